The third-order valence-electron chi connectivity index (χ3n) is 1.96. The minimum absolute atomic E-state index is 0.304. The Labute approximate surface area is 80.3 Å². The van der Waals surface area contributed by atoms with E-state index in [9.17, 15) is 8.42 Å². The van der Waals surface area contributed by atoms with Gasteiger partial charge in [0.15, 0.2) is 0 Å². The molecule has 0 radical (unpaired) electrons. The van der Waals surface area contributed by atoms with Crippen LogP contribution in [-0.2, 0) is 15.2 Å². The maximum absolute atomic E-state index is 10.0. The summed E-state index contributed by atoms with van der Waals surface area (Å²) < 4.78 is 24.5. The van der Waals surface area contributed by atoms with Crippen LogP contribution in [0.5, 0.6) is 0 Å². The fourth-order valence-corrected chi connectivity index (χ4v) is 1.60. The summed E-state index contributed by atoms with van der Waals surface area (Å²) in [4.78, 5) is 2.28. The molecule has 0 aliphatic carbocycles. The first kappa shape index (κ1) is 10.7. The molecule has 0 aromatic heterocycles. The van der Waals surface area contributed by atoms with Crippen LogP contribution in [0.15, 0.2) is 12.2 Å². The van der Waals surface area contributed by atoms with Gasteiger partial charge < -0.3 is 0 Å². The maximum Gasteiger partial charge on any atom is 0.257 e. The van der Waals surface area contributed by atoms with Gasteiger partial charge in [0, 0.05) is 19.6 Å². The zero-order valence-corrected chi connectivity index (χ0v) is 8.41. The maximum atomic E-state index is 10.0. The molecule has 0 atom stereocenters. The highest BCUT2D eigenvalue weighted by atomic mass is 32.2. The fraction of sp³-hybridized carbons (Fsp3) is 0.750. The van der Waals surface area contributed by atoms with E-state index in [2.05, 4.69) is 21.2 Å². The number of hydrogen-bond donors (Lipinski definition) is 1. The molecule has 5 heteroatoms. The van der Waals surface area contributed by atoms with Gasteiger partial charge in [0.2, 0.25) is 0 Å². The molecule has 0 amide bonds. The van der Waals surface area contributed by atoms with Crippen LogP contribution in [0.1, 0.15) is 12.8 Å². The predicted octanol–water partition coefficient (Wildman–Crippen LogP) is 0.181. The van der Waals surface area contributed by atoms with Gasteiger partial charge in [-0.05, 0) is 12.8 Å². The lowest BCUT2D eigenvalue weighted by Gasteiger charge is -2.22. The van der Waals surface area contributed by atoms with Crippen LogP contribution in [0.2, 0.25) is 0 Å². The number of nitrogens with zero attached hydrogens (tertiary/aromatic N) is 1. The minimum atomic E-state index is -2.66. The minimum Gasteiger partial charge on any atom is -0.299 e. The monoisotopic (exact) mass is 205 g/mol. The van der Waals surface area contributed by atoms with E-state index in [0.29, 0.717) is 6.61 Å². The molecule has 1 rings (SSSR count). The smallest absolute Gasteiger partial charge is 0.257 e. The quantitative estimate of drug-likeness (QED) is 0.395. The van der Waals surface area contributed by atoms with Crippen LogP contribution in [0.3, 0.4) is 0 Å². The first-order valence-electron chi connectivity index (χ1n) is 4.43. The normalized spacial score (nSPS) is 18.2. The second kappa shape index (κ2) is 6.12. The third kappa shape index (κ3) is 5.02. The lowest BCUT2D eigenvalue weighted by atomic mass is 10.2. The van der Waals surface area contributed by atoms with E-state index >= 15 is 0 Å². The van der Waals surface area contributed by atoms with Gasteiger partial charge in [-0.1, -0.05) is 12.2 Å². The van der Waals surface area contributed by atoms with E-state index in [1.807, 2.05) is 0 Å². The van der Waals surface area contributed by atoms with Gasteiger partial charge in [-0.25, -0.2) is 8.42 Å². The van der Waals surface area contributed by atoms with Crippen LogP contribution in [0.25, 0.3) is 0 Å². The van der Waals surface area contributed by atoms with Gasteiger partial charge in [-0.15, -0.1) is 0 Å². The fourth-order valence-electron chi connectivity index (χ4n) is 1.32. The van der Waals surface area contributed by atoms with E-state index in [4.69, 9.17) is 0 Å². The molecular formula is C8H15NO3S. The van der Waals surface area contributed by atoms with Crippen molar-refractivity contribution in [1.82, 2.24) is 4.90 Å². The Morgan fingerprint density at radius 3 is 2.85 bits per heavy atom. The summed E-state index contributed by atoms with van der Waals surface area (Å²) in [7, 11) is -2.66. The molecule has 4 nitrogen and oxygen atoms in total. The van der Waals surface area contributed by atoms with E-state index in [1.165, 1.54) is 0 Å². The summed E-state index contributed by atoms with van der Waals surface area (Å²) in [6.07, 6.45) is 6.17. The summed E-state index contributed by atoms with van der Waals surface area (Å²) in [6.45, 7) is 3.26. The Kier molecular flexibility index (Phi) is 5.03. The molecule has 76 valence electrons. The van der Waals surface area contributed by atoms with Gasteiger partial charge in [0.05, 0.1) is 6.61 Å². The van der Waals surface area contributed by atoms with Crippen molar-refractivity contribution in [3.05, 3.63) is 12.2 Å². The van der Waals surface area contributed by atoms with Crippen LogP contribution in [0.4, 0.5) is 0 Å². The SMILES string of the molecule is O=[SH](=O)OCCCN1CC=CCC1. The molecule has 0 N–H and O–H groups in total. The summed E-state index contributed by atoms with van der Waals surface area (Å²) in [6, 6.07) is 0. The molecular weight excluding hydrogens is 190 g/mol. The molecule has 0 saturated heterocycles. The molecule has 1 aliphatic heterocycles. The average Bonchev–Trinajstić information content (AvgIpc) is 2.14. The third-order valence-corrected chi connectivity index (χ3v) is 2.35. The summed E-state index contributed by atoms with van der Waals surface area (Å²) in [5, 5.41) is 0. The molecule has 0 unspecified atom stereocenters. The Morgan fingerprint density at radius 1 is 1.38 bits per heavy atom. The largest absolute Gasteiger partial charge is 0.299 e. The van der Waals surface area contributed by atoms with Crippen molar-refractivity contribution in [1.29, 1.82) is 0 Å². The van der Waals surface area contributed by atoms with Gasteiger partial charge in [-0.2, -0.15) is 0 Å². The Hall–Kier alpha value is -0.390. The summed E-state index contributed by atoms with van der Waals surface area (Å²) in [5.74, 6) is 0. The zero-order valence-electron chi connectivity index (χ0n) is 7.52. The van der Waals surface area contributed by atoms with E-state index < -0.39 is 11.0 Å². The highest BCUT2D eigenvalue weighted by Gasteiger charge is 2.04. The molecule has 0 saturated carbocycles. The summed E-state index contributed by atoms with van der Waals surface area (Å²) >= 11 is 0. The van der Waals surface area contributed by atoms with Crippen molar-refractivity contribution in [3.8, 4) is 0 Å². The summed E-state index contributed by atoms with van der Waals surface area (Å²) in [5.41, 5.74) is 0. The second-order valence-electron chi connectivity index (χ2n) is 2.97. The zero-order chi connectivity index (χ0) is 9.52. The van der Waals surface area contributed by atoms with Crippen LogP contribution in [0, 0.1) is 0 Å². The van der Waals surface area contributed by atoms with Crippen LogP contribution in [-0.4, -0.2) is 39.6 Å². The molecule has 0 aromatic rings. The van der Waals surface area contributed by atoms with Crippen LogP contribution < -0.4 is 0 Å². The molecule has 0 fully saturated rings. The standard InChI is InChI=1S/C8H15NO3S/c10-13(11)12-8-4-7-9-5-2-1-3-6-9/h1-2,13H,3-8H2. The van der Waals surface area contributed by atoms with Gasteiger partial charge in [0.25, 0.3) is 11.0 Å². The van der Waals surface area contributed by atoms with E-state index in [1.54, 1.807) is 0 Å². The van der Waals surface area contributed by atoms with E-state index in [0.717, 1.165) is 32.5 Å². The average molecular weight is 205 g/mol. The van der Waals surface area contributed by atoms with Gasteiger partial charge in [-0.3, -0.25) is 9.08 Å². The molecule has 13 heavy (non-hydrogen) atoms. The van der Waals surface area contributed by atoms with Crippen LogP contribution >= 0.6 is 0 Å². The van der Waals surface area contributed by atoms with E-state index in [-0.39, 0.29) is 0 Å². The molecule has 0 spiro atoms. The van der Waals surface area contributed by atoms with Crippen molar-refractivity contribution >= 4 is 11.0 Å². The molecule has 1 aliphatic rings. The Morgan fingerprint density at radius 2 is 2.23 bits per heavy atom. The Bertz CT molecular complexity index is 230. The van der Waals surface area contributed by atoms with Gasteiger partial charge in [0.1, 0.15) is 0 Å². The lowest BCUT2D eigenvalue weighted by Crippen LogP contribution is -2.28. The lowest BCUT2D eigenvalue weighted by molar-refractivity contribution is 0.254. The molecule has 0 bridgehead atoms. The van der Waals surface area contributed by atoms with Crippen molar-refractivity contribution in [2.75, 3.05) is 26.2 Å². The van der Waals surface area contributed by atoms with Crippen molar-refractivity contribution in [3.63, 3.8) is 0 Å². The number of thiol groups is 1. The van der Waals surface area contributed by atoms with Crippen molar-refractivity contribution in [2.24, 2.45) is 0 Å². The highest BCUT2D eigenvalue weighted by Crippen LogP contribution is 2.01. The number of hydrogen-bond acceptors (Lipinski definition) is 4. The topological polar surface area (TPSA) is 46.6 Å². The number of rotatable bonds is 5. The van der Waals surface area contributed by atoms with Crippen molar-refractivity contribution < 1.29 is 12.6 Å². The Balaban J connectivity index is 2.02. The first-order valence-corrected chi connectivity index (χ1v) is 5.53. The molecule has 0 aromatic carbocycles. The van der Waals surface area contributed by atoms with Gasteiger partial charge >= 0.3 is 0 Å². The highest BCUT2D eigenvalue weighted by molar-refractivity contribution is 7.67. The molecule has 1 heterocycles. The first-order chi connectivity index (χ1) is 6.29. The van der Waals surface area contributed by atoms with Crippen molar-refractivity contribution in [2.45, 2.75) is 12.8 Å². The predicted molar refractivity (Wildman–Crippen MR) is 51.1 cm³/mol. The second-order valence-corrected chi connectivity index (χ2v) is 3.68.